The van der Waals surface area contributed by atoms with E-state index < -0.39 is 62.2 Å². The quantitative estimate of drug-likeness (QED) is 0.0207. The van der Waals surface area contributed by atoms with Gasteiger partial charge in [0, 0.05) is 81.7 Å². The van der Waals surface area contributed by atoms with E-state index >= 15 is 0 Å². The Hall–Kier alpha value is -10.9. The van der Waals surface area contributed by atoms with E-state index in [1.165, 1.54) is 40.3 Å². The molecule has 0 bridgehead atoms. The summed E-state index contributed by atoms with van der Waals surface area (Å²) in [6, 6.07) is 40.5. The van der Waals surface area contributed by atoms with Gasteiger partial charge >= 0.3 is 0 Å². The van der Waals surface area contributed by atoms with E-state index in [0.717, 1.165) is 115 Å². The molecule has 16 rings (SSSR count). The number of nitrogens with two attached hydrogens (primary N) is 4. The number of aromatic nitrogens is 12. The van der Waals surface area contributed by atoms with E-state index in [-0.39, 0.29) is 96.3 Å². The van der Waals surface area contributed by atoms with Crippen LogP contribution in [0.4, 0.5) is 50.9 Å². The summed E-state index contributed by atoms with van der Waals surface area (Å²) in [4.78, 5) is 22.4. The maximum absolute atomic E-state index is 13.3. The molecule has 38 nitrogen and oxygen atoms in total. The minimum Gasteiger partial charge on any atom is -0.419 e. The monoisotopic (exact) mass is 2160 g/mol. The maximum Gasteiger partial charge on any atom is 0.249 e. The molecule has 4 fully saturated rings. The van der Waals surface area contributed by atoms with Gasteiger partial charge in [0.25, 0.3) is 0 Å². The molecule has 0 amide bonds. The average Bonchev–Trinajstić information content (AvgIpc) is 1.62. The number of nitrogens with one attached hydrogen (secondary N) is 2. The summed E-state index contributed by atoms with van der Waals surface area (Å²) < 4.78 is 151. The molecule has 4 saturated carbocycles. The van der Waals surface area contributed by atoms with Crippen LogP contribution in [0.15, 0.2) is 151 Å². The Labute approximate surface area is 873 Å². The standard InChI is InChI=1S/C27H37ClN6O4S.C26H35ClN6O4S.C23H28ClFN6O3S.C23H29ClN6O3S/c1-17-7-9-19(10-8-17)15-27(3,29)26-32-31-25(38-26)21-14-22(30-24(23(21)28)33(4)39(6,35)36)34(11-12-37-5)16-20-13-18(20)2;1-17-13-19(17)16-33(11-12-36-4)21-14-20(22(27)23(29-21)32(3)38(5,34)35)24-30-31-25(37-24)26(2,28)15-18-9-7-6-8-10-18;1-13-9-15(13)12-27-18-10-17(19(24)20(28-18)31(3)35(4,32)33)21-29-30-22(34-21)23(2,26)11-14-5-7-16(25)8-6-14;1-14-10-16(14)13-26-18-11-17(19(24)20(27-18)30(3)34(4,31)32)21-28-29-22(33-21)23(2,25)12-15-8-6-5-7-9-15/h7-10,14,18,20H,11-13,15-16,29H2,1-6H3;6-10,14,17,19H,11-13,15-16,28H2,1-5H3;5-8,10,13,15H,9,11-12,26H2,1-4H3,(H,27,28);5-9,11,14,16H,10,12-13,25H2,1-4H3,(H,26,27)/t18?,20?,27-;17?,19?,26-;13?,15?,23-;14?,16?,23-/m0000/s1. The van der Waals surface area contributed by atoms with Crippen LogP contribution < -0.4 is 60.6 Å². The molecule has 8 heterocycles. The Morgan fingerprint density at radius 1 is 0.390 bits per heavy atom. The predicted molar refractivity (Wildman–Crippen MR) is 569 cm³/mol. The van der Waals surface area contributed by atoms with Gasteiger partial charge in [-0.25, -0.2) is 58.0 Å². The molecule has 47 heteroatoms. The lowest BCUT2D eigenvalue weighted by Crippen LogP contribution is -2.36. The van der Waals surface area contributed by atoms with Crippen molar-refractivity contribution in [1.82, 2.24) is 60.7 Å². The zero-order valence-corrected chi connectivity index (χ0v) is 91.5. The average molecular weight is 2170 g/mol. The SMILES string of the molecule is CC1CC1CNc1cc(-c2nnc([C@@](C)(N)Cc3ccc(F)cc3)o2)c(Cl)c(N(C)S(C)(=O)=O)n1.CC1CC1CNc1cc(-c2nnc([C@@](C)(N)Cc3ccccc3)o2)c(Cl)c(N(C)S(C)(=O)=O)n1.COCCN(CC1CC1C)c1cc(-c2nnc([C@@](C)(N)Cc3ccc(C)cc3)o2)c(Cl)c(N(C)S(C)(=O)=O)n1.COCCN(CC1CC1C)c1cc(-c2nnc([C@@](C)(N)Cc3ccccc3)o2)c(Cl)c(N(C)S(C)(=O)=O)n1. The molecule has 146 heavy (non-hydrogen) atoms. The first-order valence-corrected chi connectivity index (χ1v) is 56.4. The smallest absolute Gasteiger partial charge is 0.249 e. The van der Waals surface area contributed by atoms with Gasteiger partial charge in [0.2, 0.25) is 87.2 Å². The number of rotatable bonds is 42. The number of methoxy groups -OCH3 is 2. The van der Waals surface area contributed by atoms with Crippen LogP contribution in [0.1, 0.15) is 132 Å². The van der Waals surface area contributed by atoms with E-state index in [1.807, 2.05) is 113 Å². The molecule has 0 saturated heterocycles. The number of aryl methyl sites for hydroxylation is 1. The van der Waals surface area contributed by atoms with Gasteiger partial charge in [0.05, 0.1) is 103 Å². The fraction of sp³-hybridized carbons (Fsp3) is 0.475. The fourth-order valence-electron chi connectivity index (χ4n) is 16.1. The van der Waals surface area contributed by atoms with Crippen molar-refractivity contribution in [3.05, 3.63) is 211 Å². The van der Waals surface area contributed by atoms with Crippen molar-refractivity contribution in [3.63, 3.8) is 0 Å². The zero-order valence-electron chi connectivity index (χ0n) is 85.2. The fourth-order valence-corrected chi connectivity index (χ4v) is 19.3. The third kappa shape index (κ3) is 29.0. The molecule has 10 N–H and O–H groups in total. The van der Waals surface area contributed by atoms with Crippen LogP contribution in [0.25, 0.3) is 45.8 Å². The number of hydrogen-bond acceptors (Lipinski definition) is 34. The molecular formula is C99H129Cl4FN24O14S4. The second-order valence-corrected chi connectivity index (χ2v) is 49.3. The summed E-state index contributed by atoms with van der Waals surface area (Å²) >= 11 is 26.7. The molecular weight excluding hydrogens is 2040 g/mol. The van der Waals surface area contributed by atoms with Gasteiger partial charge in [0.1, 0.15) is 29.1 Å². The van der Waals surface area contributed by atoms with Crippen LogP contribution in [0.5, 0.6) is 0 Å². The second-order valence-electron chi connectivity index (χ2n) is 39.8. The van der Waals surface area contributed by atoms with E-state index in [4.69, 9.17) is 96.5 Å². The summed E-state index contributed by atoms with van der Waals surface area (Å²) in [6.07, 6.45) is 10.7. The van der Waals surface area contributed by atoms with Crippen molar-refractivity contribution in [2.75, 3.05) is 158 Å². The lowest BCUT2D eigenvalue weighted by atomic mass is 9.93. The van der Waals surface area contributed by atoms with Crippen molar-refractivity contribution in [2.45, 2.75) is 136 Å². The molecule has 12 atom stereocenters. The maximum atomic E-state index is 13.3. The van der Waals surface area contributed by atoms with E-state index in [9.17, 15) is 38.1 Å². The highest BCUT2D eigenvalue weighted by Gasteiger charge is 2.42. The second kappa shape index (κ2) is 46.1. The van der Waals surface area contributed by atoms with Gasteiger partial charge in [-0.05, 0) is 192 Å². The minimum atomic E-state index is -3.66. The van der Waals surface area contributed by atoms with Gasteiger partial charge < -0.3 is 70.5 Å². The lowest BCUT2D eigenvalue weighted by Gasteiger charge is -2.26. The van der Waals surface area contributed by atoms with Crippen molar-refractivity contribution in [2.24, 2.45) is 70.3 Å². The number of sulfonamides is 4. The Balaban J connectivity index is 0.000000163. The molecule has 4 aliphatic rings. The van der Waals surface area contributed by atoms with Crippen LogP contribution in [0, 0.1) is 60.1 Å². The summed E-state index contributed by atoms with van der Waals surface area (Å²) in [5, 5.41) is 40.4. The van der Waals surface area contributed by atoms with Crippen molar-refractivity contribution < 1.29 is 65.2 Å². The Kier molecular flexibility index (Phi) is 35.4. The molecule has 0 spiro atoms. The first kappa shape index (κ1) is 112. The minimum absolute atomic E-state index is 0.0413. The van der Waals surface area contributed by atoms with Gasteiger partial charge in [-0.3, -0.25) is 17.2 Å². The molecule has 0 aliphatic heterocycles. The molecule has 4 aliphatic carbocycles. The highest BCUT2D eigenvalue weighted by atomic mass is 35.5. The summed E-state index contributed by atoms with van der Waals surface area (Å²) in [5.41, 5.74) is 28.9. The van der Waals surface area contributed by atoms with Crippen LogP contribution >= 0.6 is 46.4 Å². The van der Waals surface area contributed by atoms with Crippen molar-refractivity contribution in [3.8, 4) is 45.8 Å². The zero-order chi connectivity index (χ0) is 106. The summed E-state index contributed by atoms with van der Waals surface area (Å²) in [7, 11) is -5.66. The van der Waals surface area contributed by atoms with E-state index in [2.05, 4.69) is 109 Å². The van der Waals surface area contributed by atoms with E-state index in [1.54, 1.807) is 57.5 Å². The van der Waals surface area contributed by atoms with E-state index in [0.29, 0.717) is 151 Å². The lowest BCUT2D eigenvalue weighted by molar-refractivity contribution is 0.204. The molecule has 8 unspecified atom stereocenters. The Bertz CT molecular complexity index is 7040. The molecule has 4 aromatic carbocycles. The van der Waals surface area contributed by atoms with Crippen LogP contribution in [-0.4, -0.2) is 214 Å². The van der Waals surface area contributed by atoms with Crippen LogP contribution in [0.2, 0.25) is 20.1 Å². The molecule has 0 radical (unpaired) electrons. The highest BCUT2D eigenvalue weighted by Crippen LogP contribution is 2.48. The molecule has 8 aromatic heterocycles. The largest absolute Gasteiger partial charge is 0.419 e. The topological polar surface area (TPSA) is 510 Å². The number of nitrogens with zero attached hydrogens (tertiary/aromatic N) is 18. The summed E-state index contributed by atoms with van der Waals surface area (Å²) in [5.74, 6) is 7.98. The molecule has 788 valence electrons. The number of benzene rings is 4. The number of pyridine rings is 4. The van der Waals surface area contributed by atoms with Gasteiger partial charge in [0.15, 0.2) is 23.3 Å². The third-order valence-electron chi connectivity index (χ3n) is 26.4. The Morgan fingerprint density at radius 3 is 0.904 bits per heavy atom. The van der Waals surface area contributed by atoms with Crippen molar-refractivity contribution >= 4 is 133 Å². The van der Waals surface area contributed by atoms with Crippen molar-refractivity contribution in [1.29, 1.82) is 0 Å². The predicted octanol–water partition coefficient (Wildman–Crippen LogP) is 15.2. The molecule has 12 aromatic rings. The van der Waals surface area contributed by atoms with Crippen LogP contribution in [-0.2, 0) is 97.4 Å². The Morgan fingerprint density at radius 2 is 0.644 bits per heavy atom. The number of hydrogen-bond donors (Lipinski definition) is 6. The first-order valence-electron chi connectivity index (χ1n) is 47.4. The highest BCUT2D eigenvalue weighted by molar-refractivity contribution is 7.92. The number of anilines is 8. The van der Waals surface area contributed by atoms with Gasteiger partial charge in [-0.15, -0.1) is 40.8 Å². The van der Waals surface area contributed by atoms with Crippen LogP contribution in [0.3, 0.4) is 0 Å². The normalized spacial score (nSPS) is 19.0. The summed E-state index contributed by atoms with van der Waals surface area (Å²) in [6.45, 7) is 23.1. The van der Waals surface area contributed by atoms with Gasteiger partial charge in [-0.1, -0.05) is 177 Å². The number of ether oxygens (including phenoxy) is 2. The van der Waals surface area contributed by atoms with Gasteiger partial charge in [-0.2, -0.15) is 0 Å². The number of halogens is 5. The first-order chi connectivity index (χ1) is 68.5. The third-order valence-corrected chi connectivity index (χ3v) is 32.5.